The Hall–Kier alpha value is -0.900. The van der Waals surface area contributed by atoms with Gasteiger partial charge < -0.3 is 10.1 Å². The van der Waals surface area contributed by atoms with E-state index in [0.717, 1.165) is 32.6 Å². The number of nitrogens with zero attached hydrogens (tertiary/aromatic N) is 1. The molecular weight excluding hydrogens is 260 g/mol. The lowest BCUT2D eigenvalue weighted by atomic mass is 10.0. The molecule has 0 bridgehead atoms. The molecule has 1 aliphatic heterocycles. The maximum atomic E-state index is 5.82. The van der Waals surface area contributed by atoms with Crippen LogP contribution in [0, 0.1) is 0 Å². The van der Waals surface area contributed by atoms with Gasteiger partial charge in [-0.05, 0) is 38.8 Å². The van der Waals surface area contributed by atoms with Crippen molar-refractivity contribution in [3.05, 3.63) is 35.9 Å². The molecule has 3 nitrogen and oxygen atoms in total. The first kappa shape index (κ1) is 16.5. The molecule has 0 amide bonds. The SMILES string of the molecule is CCCNC(CCN1CC(C)OC(C)C1)c1ccccc1. The Bertz CT molecular complexity index is 385. The van der Waals surface area contributed by atoms with E-state index in [2.05, 4.69) is 61.3 Å². The molecule has 0 radical (unpaired) electrons. The Morgan fingerprint density at radius 2 is 1.86 bits per heavy atom. The summed E-state index contributed by atoms with van der Waals surface area (Å²) in [6.45, 7) is 10.9. The van der Waals surface area contributed by atoms with Crippen LogP contribution < -0.4 is 5.32 Å². The van der Waals surface area contributed by atoms with Crippen molar-refractivity contribution < 1.29 is 4.74 Å². The lowest BCUT2D eigenvalue weighted by molar-refractivity contribution is -0.0686. The van der Waals surface area contributed by atoms with Crippen LogP contribution in [0.1, 0.15) is 45.2 Å². The minimum atomic E-state index is 0.354. The van der Waals surface area contributed by atoms with Gasteiger partial charge in [-0.15, -0.1) is 0 Å². The summed E-state index contributed by atoms with van der Waals surface area (Å²) in [7, 11) is 0. The number of hydrogen-bond donors (Lipinski definition) is 1. The van der Waals surface area contributed by atoms with Crippen LogP contribution in [0.15, 0.2) is 30.3 Å². The predicted octanol–water partition coefficient (Wildman–Crippen LogP) is 3.23. The second-order valence-electron chi connectivity index (χ2n) is 6.22. The molecule has 3 heteroatoms. The molecule has 3 unspecified atom stereocenters. The van der Waals surface area contributed by atoms with E-state index in [1.807, 2.05) is 0 Å². The van der Waals surface area contributed by atoms with Gasteiger partial charge in [0, 0.05) is 25.7 Å². The molecule has 0 aliphatic carbocycles. The molecule has 1 saturated heterocycles. The van der Waals surface area contributed by atoms with Crippen molar-refractivity contribution in [1.82, 2.24) is 10.2 Å². The highest BCUT2D eigenvalue weighted by Gasteiger charge is 2.22. The highest BCUT2D eigenvalue weighted by atomic mass is 16.5. The average Bonchev–Trinajstić information content (AvgIpc) is 2.47. The summed E-state index contributed by atoms with van der Waals surface area (Å²) in [6.07, 6.45) is 3.04. The molecule has 2 rings (SSSR count). The van der Waals surface area contributed by atoms with E-state index in [1.54, 1.807) is 0 Å². The fourth-order valence-corrected chi connectivity index (χ4v) is 3.17. The number of benzene rings is 1. The van der Waals surface area contributed by atoms with Gasteiger partial charge in [0.1, 0.15) is 0 Å². The van der Waals surface area contributed by atoms with Crippen LogP contribution in [0.25, 0.3) is 0 Å². The fraction of sp³-hybridized carbons (Fsp3) is 0.667. The summed E-state index contributed by atoms with van der Waals surface area (Å²) < 4.78 is 5.82. The molecule has 1 aromatic carbocycles. The van der Waals surface area contributed by atoms with E-state index >= 15 is 0 Å². The molecule has 118 valence electrons. The number of rotatable bonds is 7. The third kappa shape index (κ3) is 5.42. The van der Waals surface area contributed by atoms with Crippen molar-refractivity contribution in [3.63, 3.8) is 0 Å². The van der Waals surface area contributed by atoms with E-state index in [-0.39, 0.29) is 0 Å². The summed E-state index contributed by atoms with van der Waals surface area (Å²) >= 11 is 0. The van der Waals surface area contributed by atoms with Crippen molar-refractivity contribution in [2.75, 3.05) is 26.2 Å². The van der Waals surface area contributed by atoms with Crippen molar-refractivity contribution in [2.45, 2.75) is 51.9 Å². The predicted molar refractivity (Wildman–Crippen MR) is 88.5 cm³/mol. The molecule has 1 aliphatic rings. The first-order valence-corrected chi connectivity index (χ1v) is 8.35. The van der Waals surface area contributed by atoms with Gasteiger partial charge in [-0.25, -0.2) is 0 Å². The van der Waals surface area contributed by atoms with Crippen LogP contribution in [0.2, 0.25) is 0 Å². The maximum Gasteiger partial charge on any atom is 0.0678 e. The standard InChI is InChI=1S/C18H30N2O/c1-4-11-19-18(17-8-6-5-7-9-17)10-12-20-13-15(2)21-16(3)14-20/h5-9,15-16,18-19H,4,10-14H2,1-3H3. The van der Waals surface area contributed by atoms with Crippen LogP contribution in [0.5, 0.6) is 0 Å². The van der Waals surface area contributed by atoms with Gasteiger partial charge in [0.2, 0.25) is 0 Å². The highest BCUT2D eigenvalue weighted by Crippen LogP contribution is 2.19. The van der Waals surface area contributed by atoms with E-state index in [1.165, 1.54) is 12.0 Å². The summed E-state index contributed by atoms with van der Waals surface area (Å²) in [5.74, 6) is 0. The van der Waals surface area contributed by atoms with Crippen LogP contribution >= 0.6 is 0 Å². The Balaban J connectivity index is 1.89. The highest BCUT2D eigenvalue weighted by molar-refractivity contribution is 5.18. The molecule has 1 heterocycles. The molecule has 0 spiro atoms. The van der Waals surface area contributed by atoms with Gasteiger partial charge in [-0.3, -0.25) is 4.90 Å². The van der Waals surface area contributed by atoms with Gasteiger partial charge in [-0.1, -0.05) is 37.3 Å². The second kappa shape index (κ2) is 8.52. The smallest absolute Gasteiger partial charge is 0.0678 e. The molecule has 3 atom stereocenters. The molecule has 21 heavy (non-hydrogen) atoms. The summed E-state index contributed by atoms with van der Waals surface area (Å²) in [6, 6.07) is 11.3. The topological polar surface area (TPSA) is 24.5 Å². The third-order valence-corrected chi connectivity index (χ3v) is 4.07. The van der Waals surface area contributed by atoms with E-state index in [9.17, 15) is 0 Å². The number of hydrogen-bond acceptors (Lipinski definition) is 3. The Kier molecular flexibility index (Phi) is 6.68. The summed E-state index contributed by atoms with van der Waals surface area (Å²) in [5.41, 5.74) is 1.40. The van der Waals surface area contributed by atoms with Gasteiger partial charge in [0.05, 0.1) is 12.2 Å². The van der Waals surface area contributed by atoms with Crippen molar-refractivity contribution >= 4 is 0 Å². The molecule has 0 aromatic heterocycles. The Morgan fingerprint density at radius 1 is 1.19 bits per heavy atom. The Morgan fingerprint density at radius 3 is 2.48 bits per heavy atom. The lowest BCUT2D eigenvalue weighted by Crippen LogP contribution is -2.46. The minimum absolute atomic E-state index is 0.354. The summed E-state index contributed by atoms with van der Waals surface area (Å²) in [4.78, 5) is 2.54. The zero-order valence-corrected chi connectivity index (χ0v) is 13.7. The van der Waals surface area contributed by atoms with Crippen LogP contribution in [-0.4, -0.2) is 43.3 Å². The first-order valence-electron chi connectivity index (χ1n) is 8.35. The maximum absolute atomic E-state index is 5.82. The quantitative estimate of drug-likeness (QED) is 0.834. The van der Waals surface area contributed by atoms with Gasteiger partial charge in [-0.2, -0.15) is 0 Å². The average molecular weight is 290 g/mol. The first-order chi connectivity index (χ1) is 10.2. The van der Waals surface area contributed by atoms with E-state index in [0.29, 0.717) is 18.2 Å². The normalized spacial score (nSPS) is 24.9. The summed E-state index contributed by atoms with van der Waals surface area (Å²) in [5, 5.41) is 3.69. The minimum Gasteiger partial charge on any atom is -0.373 e. The zero-order valence-electron chi connectivity index (χ0n) is 13.7. The molecule has 1 aromatic rings. The van der Waals surface area contributed by atoms with E-state index < -0.39 is 0 Å². The van der Waals surface area contributed by atoms with Crippen molar-refractivity contribution in [3.8, 4) is 0 Å². The van der Waals surface area contributed by atoms with Gasteiger partial charge in [0.25, 0.3) is 0 Å². The number of morpholine rings is 1. The second-order valence-corrected chi connectivity index (χ2v) is 6.22. The fourth-order valence-electron chi connectivity index (χ4n) is 3.17. The molecule has 1 N–H and O–H groups in total. The molecule has 1 fully saturated rings. The number of ether oxygens (including phenoxy) is 1. The monoisotopic (exact) mass is 290 g/mol. The van der Waals surface area contributed by atoms with Crippen LogP contribution in [-0.2, 0) is 4.74 Å². The molecular formula is C18H30N2O. The van der Waals surface area contributed by atoms with Crippen molar-refractivity contribution in [1.29, 1.82) is 0 Å². The largest absolute Gasteiger partial charge is 0.373 e. The zero-order chi connectivity index (χ0) is 15.1. The van der Waals surface area contributed by atoms with E-state index in [4.69, 9.17) is 4.74 Å². The number of nitrogens with one attached hydrogen (secondary N) is 1. The Labute approximate surface area is 129 Å². The molecule has 0 saturated carbocycles. The third-order valence-electron chi connectivity index (χ3n) is 4.07. The van der Waals surface area contributed by atoms with Gasteiger partial charge >= 0.3 is 0 Å². The van der Waals surface area contributed by atoms with Crippen molar-refractivity contribution in [2.24, 2.45) is 0 Å². The lowest BCUT2D eigenvalue weighted by Gasteiger charge is -2.36. The van der Waals surface area contributed by atoms with Crippen LogP contribution in [0.3, 0.4) is 0 Å². The van der Waals surface area contributed by atoms with Crippen LogP contribution in [0.4, 0.5) is 0 Å². The van der Waals surface area contributed by atoms with Gasteiger partial charge in [0.15, 0.2) is 0 Å².